The van der Waals surface area contributed by atoms with E-state index in [1.165, 1.54) is 6.08 Å². The number of rotatable bonds is 4. The Morgan fingerprint density at radius 2 is 2.12 bits per heavy atom. The van der Waals surface area contributed by atoms with E-state index in [1.54, 1.807) is 24.3 Å². The molecule has 0 bridgehead atoms. The third kappa shape index (κ3) is 4.29. The Morgan fingerprint density at radius 1 is 1.47 bits per heavy atom. The zero-order valence-electron chi connectivity index (χ0n) is 9.44. The highest BCUT2D eigenvalue weighted by molar-refractivity contribution is 6.30. The van der Waals surface area contributed by atoms with E-state index < -0.39 is 5.97 Å². The van der Waals surface area contributed by atoms with Crippen LogP contribution in [0.2, 0.25) is 5.02 Å². The van der Waals surface area contributed by atoms with Crippen LogP contribution in [0.15, 0.2) is 29.8 Å². The maximum Gasteiger partial charge on any atom is 0.348 e. The van der Waals surface area contributed by atoms with Gasteiger partial charge in [-0.15, -0.1) is 0 Å². The van der Waals surface area contributed by atoms with Gasteiger partial charge in [-0.2, -0.15) is 5.26 Å². The maximum atomic E-state index is 11.5. The van der Waals surface area contributed by atoms with Gasteiger partial charge >= 0.3 is 5.97 Å². The van der Waals surface area contributed by atoms with Gasteiger partial charge in [0.1, 0.15) is 11.6 Å². The van der Waals surface area contributed by atoms with Gasteiger partial charge in [0, 0.05) is 5.02 Å². The van der Waals surface area contributed by atoms with Gasteiger partial charge < -0.3 is 4.74 Å². The quantitative estimate of drug-likeness (QED) is 0.468. The largest absolute Gasteiger partial charge is 0.462 e. The minimum atomic E-state index is -0.593. The predicted molar refractivity (Wildman–Crippen MR) is 66.3 cm³/mol. The molecular formula is C13H12ClNO2. The summed E-state index contributed by atoms with van der Waals surface area (Å²) in [7, 11) is 0. The van der Waals surface area contributed by atoms with Crippen molar-refractivity contribution >= 4 is 23.6 Å². The van der Waals surface area contributed by atoms with Crippen LogP contribution in [0.4, 0.5) is 0 Å². The number of nitriles is 1. The number of carbonyl (C=O) groups is 1. The first kappa shape index (κ1) is 13.3. The van der Waals surface area contributed by atoms with E-state index in [1.807, 2.05) is 13.0 Å². The van der Waals surface area contributed by atoms with Gasteiger partial charge in [-0.25, -0.2) is 4.79 Å². The second-order valence-corrected chi connectivity index (χ2v) is 3.79. The third-order valence-corrected chi connectivity index (χ3v) is 2.21. The van der Waals surface area contributed by atoms with Gasteiger partial charge in [0.2, 0.25) is 0 Å². The first-order chi connectivity index (χ1) is 8.17. The molecule has 0 aromatic heterocycles. The highest BCUT2D eigenvalue weighted by Gasteiger charge is 2.09. The Morgan fingerprint density at radius 3 is 2.65 bits per heavy atom. The van der Waals surface area contributed by atoms with E-state index in [9.17, 15) is 4.79 Å². The van der Waals surface area contributed by atoms with Crippen LogP contribution in [0.25, 0.3) is 6.08 Å². The van der Waals surface area contributed by atoms with Crippen molar-refractivity contribution < 1.29 is 9.53 Å². The van der Waals surface area contributed by atoms with Gasteiger partial charge in [0.15, 0.2) is 0 Å². The molecule has 4 heteroatoms. The zero-order valence-corrected chi connectivity index (χ0v) is 10.2. The fourth-order valence-electron chi connectivity index (χ4n) is 1.14. The van der Waals surface area contributed by atoms with Crippen LogP contribution in [0.1, 0.15) is 18.9 Å². The summed E-state index contributed by atoms with van der Waals surface area (Å²) in [6.07, 6.45) is 2.21. The summed E-state index contributed by atoms with van der Waals surface area (Å²) in [6, 6.07) is 8.67. The SMILES string of the molecule is CCCOC(=O)C(C#N)=Cc1ccc(Cl)cc1. The monoisotopic (exact) mass is 249 g/mol. The molecule has 0 saturated heterocycles. The number of ether oxygens (including phenoxy) is 1. The topological polar surface area (TPSA) is 50.1 Å². The van der Waals surface area contributed by atoms with Crippen LogP contribution < -0.4 is 0 Å². The van der Waals surface area contributed by atoms with E-state index >= 15 is 0 Å². The molecule has 0 saturated carbocycles. The maximum absolute atomic E-state index is 11.5. The van der Waals surface area contributed by atoms with Gasteiger partial charge in [0.05, 0.1) is 6.61 Å². The average molecular weight is 250 g/mol. The molecule has 1 rings (SSSR count). The van der Waals surface area contributed by atoms with Gasteiger partial charge in [-0.3, -0.25) is 0 Å². The van der Waals surface area contributed by atoms with Crippen LogP contribution >= 0.6 is 11.6 Å². The molecule has 0 unspecified atom stereocenters. The summed E-state index contributed by atoms with van der Waals surface area (Å²) in [5, 5.41) is 9.47. The lowest BCUT2D eigenvalue weighted by molar-refractivity contribution is -0.138. The normalized spacial score (nSPS) is 10.8. The molecular weight excluding hydrogens is 238 g/mol. The predicted octanol–water partition coefficient (Wildman–Crippen LogP) is 3.20. The lowest BCUT2D eigenvalue weighted by Crippen LogP contribution is -2.07. The molecule has 0 aliphatic rings. The summed E-state index contributed by atoms with van der Waals surface area (Å²) in [5.74, 6) is -0.593. The Hall–Kier alpha value is -1.79. The van der Waals surface area contributed by atoms with Crippen molar-refractivity contribution in [2.75, 3.05) is 6.61 Å². The minimum Gasteiger partial charge on any atom is -0.462 e. The summed E-state index contributed by atoms with van der Waals surface area (Å²) in [6.45, 7) is 2.21. The molecule has 1 aromatic rings. The van der Waals surface area contributed by atoms with Gasteiger partial charge in [-0.1, -0.05) is 30.7 Å². The van der Waals surface area contributed by atoms with Crippen molar-refractivity contribution in [3.05, 3.63) is 40.4 Å². The van der Waals surface area contributed by atoms with Crippen molar-refractivity contribution in [3.8, 4) is 6.07 Å². The average Bonchev–Trinajstić information content (AvgIpc) is 2.35. The molecule has 0 spiro atoms. The lowest BCUT2D eigenvalue weighted by atomic mass is 10.1. The molecule has 0 N–H and O–H groups in total. The molecule has 0 aliphatic heterocycles. The van der Waals surface area contributed by atoms with Crippen molar-refractivity contribution in [1.29, 1.82) is 5.26 Å². The van der Waals surface area contributed by atoms with Crippen LogP contribution in [0, 0.1) is 11.3 Å². The van der Waals surface area contributed by atoms with Gasteiger partial charge in [0.25, 0.3) is 0 Å². The Bertz CT molecular complexity index is 457. The van der Waals surface area contributed by atoms with E-state index in [2.05, 4.69) is 0 Å². The molecule has 3 nitrogen and oxygen atoms in total. The number of hydrogen-bond acceptors (Lipinski definition) is 3. The smallest absolute Gasteiger partial charge is 0.348 e. The molecule has 0 aliphatic carbocycles. The molecule has 0 atom stereocenters. The Labute approximate surface area is 105 Å². The third-order valence-electron chi connectivity index (χ3n) is 1.96. The van der Waals surface area contributed by atoms with Crippen molar-refractivity contribution in [2.24, 2.45) is 0 Å². The number of hydrogen-bond donors (Lipinski definition) is 0. The molecule has 17 heavy (non-hydrogen) atoms. The van der Waals surface area contributed by atoms with Crippen LogP contribution in [0.5, 0.6) is 0 Å². The fourth-order valence-corrected chi connectivity index (χ4v) is 1.26. The second-order valence-electron chi connectivity index (χ2n) is 3.36. The molecule has 0 radical (unpaired) electrons. The summed E-state index contributed by atoms with van der Waals surface area (Å²) in [4.78, 5) is 11.5. The van der Waals surface area contributed by atoms with E-state index in [0.717, 1.165) is 12.0 Å². The van der Waals surface area contributed by atoms with Crippen LogP contribution in [-0.4, -0.2) is 12.6 Å². The first-order valence-corrected chi connectivity index (χ1v) is 5.59. The number of halogens is 1. The molecule has 1 aromatic carbocycles. The molecule has 0 fully saturated rings. The number of benzene rings is 1. The molecule has 0 amide bonds. The van der Waals surface area contributed by atoms with E-state index in [4.69, 9.17) is 21.6 Å². The second kappa shape index (κ2) is 6.72. The van der Waals surface area contributed by atoms with E-state index in [-0.39, 0.29) is 5.57 Å². The van der Waals surface area contributed by atoms with Crippen LogP contribution in [-0.2, 0) is 9.53 Å². The minimum absolute atomic E-state index is 0.0132. The molecule has 88 valence electrons. The van der Waals surface area contributed by atoms with Crippen molar-refractivity contribution in [3.63, 3.8) is 0 Å². The molecule has 0 heterocycles. The summed E-state index contributed by atoms with van der Waals surface area (Å²) in [5.41, 5.74) is 0.722. The van der Waals surface area contributed by atoms with Crippen molar-refractivity contribution in [1.82, 2.24) is 0 Å². The number of esters is 1. The number of nitrogens with zero attached hydrogens (tertiary/aromatic N) is 1. The van der Waals surface area contributed by atoms with Gasteiger partial charge in [-0.05, 0) is 30.2 Å². The Kier molecular flexibility index (Phi) is 5.25. The number of carbonyl (C=O) groups excluding carboxylic acids is 1. The zero-order chi connectivity index (χ0) is 12.7. The Balaban J connectivity index is 2.83. The van der Waals surface area contributed by atoms with E-state index in [0.29, 0.717) is 11.6 Å². The highest BCUT2D eigenvalue weighted by Crippen LogP contribution is 2.13. The van der Waals surface area contributed by atoms with Crippen molar-refractivity contribution in [2.45, 2.75) is 13.3 Å². The van der Waals surface area contributed by atoms with Crippen LogP contribution in [0.3, 0.4) is 0 Å². The lowest BCUT2D eigenvalue weighted by Gasteiger charge is -2.01. The summed E-state index contributed by atoms with van der Waals surface area (Å²) < 4.78 is 4.88. The first-order valence-electron chi connectivity index (χ1n) is 5.22. The standard InChI is InChI=1S/C13H12ClNO2/c1-2-7-17-13(16)11(9-15)8-10-3-5-12(14)6-4-10/h3-6,8H,2,7H2,1H3. The summed E-state index contributed by atoms with van der Waals surface area (Å²) >= 11 is 5.74. The highest BCUT2D eigenvalue weighted by atomic mass is 35.5. The fraction of sp³-hybridized carbons (Fsp3) is 0.231.